The minimum absolute atomic E-state index is 0.0721. The van der Waals surface area contributed by atoms with Crippen LogP contribution in [0, 0.1) is 13.8 Å². The monoisotopic (exact) mass is 395 g/mol. The summed E-state index contributed by atoms with van der Waals surface area (Å²) in [5.41, 5.74) is 3.08. The van der Waals surface area contributed by atoms with Gasteiger partial charge in [0.2, 0.25) is 11.8 Å². The summed E-state index contributed by atoms with van der Waals surface area (Å²) in [5, 5.41) is 5.79. The normalized spacial score (nSPS) is 17.0. The summed E-state index contributed by atoms with van der Waals surface area (Å²) in [5.74, 6) is 0.529. The third-order valence-electron chi connectivity index (χ3n) is 5.05. The van der Waals surface area contributed by atoms with Crippen LogP contribution in [-0.2, 0) is 22.4 Å². The SMILES string of the molecule is Cc1cc(C)nc(CCNC(=O)C[C@@H]2C(=O)NCCN2CCc2ccccc2)n1. The minimum Gasteiger partial charge on any atom is -0.356 e. The van der Waals surface area contributed by atoms with Crippen molar-refractivity contribution in [1.82, 2.24) is 25.5 Å². The third kappa shape index (κ3) is 6.35. The molecule has 0 unspecified atom stereocenters. The molecule has 1 saturated heterocycles. The molecule has 3 rings (SSSR count). The Bertz CT molecular complexity index is 820. The summed E-state index contributed by atoms with van der Waals surface area (Å²) in [6.45, 7) is 6.46. The first kappa shape index (κ1) is 20.9. The van der Waals surface area contributed by atoms with Crippen LogP contribution in [0.4, 0.5) is 0 Å². The molecular formula is C22H29N5O2. The van der Waals surface area contributed by atoms with E-state index in [9.17, 15) is 9.59 Å². The van der Waals surface area contributed by atoms with Crippen molar-refractivity contribution in [3.05, 3.63) is 59.2 Å². The molecular weight excluding hydrogens is 366 g/mol. The Morgan fingerprint density at radius 3 is 2.62 bits per heavy atom. The number of nitrogens with zero attached hydrogens (tertiary/aromatic N) is 3. The van der Waals surface area contributed by atoms with E-state index in [1.54, 1.807) is 0 Å². The van der Waals surface area contributed by atoms with Crippen LogP contribution >= 0.6 is 0 Å². The zero-order chi connectivity index (χ0) is 20.6. The van der Waals surface area contributed by atoms with Gasteiger partial charge in [-0.25, -0.2) is 9.97 Å². The molecule has 0 radical (unpaired) electrons. The van der Waals surface area contributed by atoms with Crippen LogP contribution in [0.1, 0.15) is 29.2 Å². The molecule has 0 bridgehead atoms. The van der Waals surface area contributed by atoms with E-state index in [-0.39, 0.29) is 18.2 Å². The molecule has 154 valence electrons. The molecule has 0 spiro atoms. The maximum atomic E-state index is 12.4. The Balaban J connectivity index is 1.50. The molecule has 0 saturated carbocycles. The number of rotatable bonds is 8. The standard InChI is InChI=1S/C22H29N5O2/c1-16-14-17(2)26-20(25-16)8-10-23-21(28)15-19-22(29)24-11-13-27(19)12-9-18-6-4-3-5-7-18/h3-7,14,19H,8-13,15H2,1-2H3,(H,23,28)(H,24,29)/t19-/m1/s1. The Morgan fingerprint density at radius 2 is 1.90 bits per heavy atom. The van der Waals surface area contributed by atoms with Crippen molar-refractivity contribution >= 4 is 11.8 Å². The lowest BCUT2D eigenvalue weighted by molar-refractivity contribution is -0.133. The highest BCUT2D eigenvalue weighted by Crippen LogP contribution is 2.11. The summed E-state index contributed by atoms with van der Waals surface area (Å²) >= 11 is 0. The number of aromatic nitrogens is 2. The number of carbonyl (C=O) groups is 2. The smallest absolute Gasteiger partial charge is 0.237 e. The van der Waals surface area contributed by atoms with Crippen molar-refractivity contribution in [3.63, 3.8) is 0 Å². The van der Waals surface area contributed by atoms with Crippen LogP contribution in [0.25, 0.3) is 0 Å². The Morgan fingerprint density at radius 1 is 1.17 bits per heavy atom. The van der Waals surface area contributed by atoms with Crippen molar-refractivity contribution in [2.24, 2.45) is 0 Å². The van der Waals surface area contributed by atoms with E-state index in [0.717, 1.165) is 36.7 Å². The maximum absolute atomic E-state index is 12.4. The average molecular weight is 396 g/mol. The zero-order valence-corrected chi connectivity index (χ0v) is 17.1. The van der Waals surface area contributed by atoms with E-state index >= 15 is 0 Å². The van der Waals surface area contributed by atoms with Gasteiger partial charge in [-0.1, -0.05) is 30.3 Å². The topological polar surface area (TPSA) is 87.2 Å². The van der Waals surface area contributed by atoms with E-state index in [1.165, 1.54) is 5.56 Å². The van der Waals surface area contributed by atoms with E-state index < -0.39 is 6.04 Å². The van der Waals surface area contributed by atoms with Gasteiger partial charge in [0.15, 0.2) is 0 Å². The fourth-order valence-electron chi connectivity index (χ4n) is 3.64. The molecule has 2 aromatic rings. The van der Waals surface area contributed by atoms with Crippen molar-refractivity contribution < 1.29 is 9.59 Å². The number of hydrogen-bond donors (Lipinski definition) is 2. The first-order valence-corrected chi connectivity index (χ1v) is 10.1. The second kappa shape index (κ2) is 10.1. The fraction of sp³-hybridized carbons (Fsp3) is 0.455. The molecule has 2 amide bonds. The molecule has 1 fully saturated rings. The summed E-state index contributed by atoms with van der Waals surface area (Å²) in [6, 6.07) is 11.7. The Kier molecular flexibility index (Phi) is 7.30. The first-order valence-electron chi connectivity index (χ1n) is 10.1. The fourth-order valence-corrected chi connectivity index (χ4v) is 3.64. The van der Waals surface area contributed by atoms with E-state index in [1.807, 2.05) is 38.1 Å². The number of nitrogens with one attached hydrogen (secondary N) is 2. The van der Waals surface area contributed by atoms with Gasteiger partial charge < -0.3 is 10.6 Å². The van der Waals surface area contributed by atoms with Gasteiger partial charge in [-0.15, -0.1) is 0 Å². The summed E-state index contributed by atoms with van der Waals surface area (Å²) in [4.78, 5) is 35.7. The van der Waals surface area contributed by atoms with Gasteiger partial charge in [0.1, 0.15) is 5.82 Å². The van der Waals surface area contributed by atoms with E-state index in [2.05, 4.69) is 37.6 Å². The molecule has 1 aliphatic rings. The first-order chi connectivity index (χ1) is 14.0. The third-order valence-corrected chi connectivity index (χ3v) is 5.05. The second-order valence-corrected chi connectivity index (χ2v) is 7.45. The van der Waals surface area contributed by atoms with Gasteiger partial charge in [-0.05, 0) is 31.9 Å². The maximum Gasteiger partial charge on any atom is 0.237 e. The van der Waals surface area contributed by atoms with Crippen molar-refractivity contribution in [1.29, 1.82) is 0 Å². The lowest BCUT2D eigenvalue weighted by Crippen LogP contribution is -2.56. The van der Waals surface area contributed by atoms with Crippen LogP contribution < -0.4 is 10.6 Å². The highest BCUT2D eigenvalue weighted by atomic mass is 16.2. The number of hydrogen-bond acceptors (Lipinski definition) is 5. The van der Waals surface area contributed by atoms with Gasteiger partial charge in [-0.3, -0.25) is 14.5 Å². The minimum atomic E-state index is -0.426. The molecule has 29 heavy (non-hydrogen) atoms. The number of amides is 2. The molecule has 1 atom stereocenters. The Labute approximate surface area is 171 Å². The van der Waals surface area contributed by atoms with Crippen LogP contribution in [0.15, 0.2) is 36.4 Å². The lowest BCUT2D eigenvalue weighted by Gasteiger charge is -2.34. The molecule has 7 heteroatoms. The summed E-state index contributed by atoms with van der Waals surface area (Å²) in [7, 11) is 0. The van der Waals surface area contributed by atoms with Gasteiger partial charge in [0.25, 0.3) is 0 Å². The largest absolute Gasteiger partial charge is 0.356 e. The molecule has 0 aliphatic carbocycles. The molecule has 1 aromatic heterocycles. The molecule has 1 aromatic carbocycles. The highest BCUT2D eigenvalue weighted by molar-refractivity contribution is 5.88. The van der Waals surface area contributed by atoms with Crippen molar-refractivity contribution in [2.45, 2.75) is 39.2 Å². The van der Waals surface area contributed by atoms with E-state index in [4.69, 9.17) is 0 Å². The number of benzene rings is 1. The number of carbonyl (C=O) groups excluding carboxylic acids is 2. The van der Waals surface area contributed by atoms with E-state index in [0.29, 0.717) is 19.5 Å². The molecule has 2 heterocycles. The van der Waals surface area contributed by atoms with Gasteiger partial charge in [0, 0.05) is 44.0 Å². The highest BCUT2D eigenvalue weighted by Gasteiger charge is 2.31. The molecule has 1 aliphatic heterocycles. The van der Waals surface area contributed by atoms with Gasteiger partial charge >= 0.3 is 0 Å². The van der Waals surface area contributed by atoms with Crippen LogP contribution in [0.3, 0.4) is 0 Å². The van der Waals surface area contributed by atoms with Gasteiger partial charge in [0.05, 0.1) is 12.5 Å². The van der Waals surface area contributed by atoms with Crippen molar-refractivity contribution in [3.8, 4) is 0 Å². The van der Waals surface area contributed by atoms with Crippen LogP contribution in [-0.4, -0.2) is 58.9 Å². The molecule has 7 nitrogen and oxygen atoms in total. The summed E-state index contributed by atoms with van der Waals surface area (Å²) in [6.07, 6.45) is 1.59. The molecule has 2 N–H and O–H groups in total. The van der Waals surface area contributed by atoms with Crippen LogP contribution in [0.5, 0.6) is 0 Å². The average Bonchev–Trinajstić information content (AvgIpc) is 2.68. The predicted molar refractivity (Wildman–Crippen MR) is 111 cm³/mol. The lowest BCUT2D eigenvalue weighted by atomic mass is 10.1. The predicted octanol–water partition coefficient (Wildman–Crippen LogP) is 1.19. The van der Waals surface area contributed by atoms with Gasteiger partial charge in [-0.2, -0.15) is 0 Å². The summed E-state index contributed by atoms with van der Waals surface area (Å²) < 4.78 is 0. The second-order valence-electron chi connectivity index (χ2n) is 7.45. The van der Waals surface area contributed by atoms with Crippen molar-refractivity contribution in [2.75, 3.05) is 26.2 Å². The number of piperazine rings is 1. The quantitative estimate of drug-likeness (QED) is 0.701. The Hall–Kier alpha value is -2.80. The zero-order valence-electron chi connectivity index (χ0n) is 17.1. The number of aryl methyl sites for hydroxylation is 2. The van der Waals surface area contributed by atoms with Crippen LogP contribution in [0.2, 0.25) is 0 Å².